The average molecular weight is 342 g/mol. The monoisotopic (exact) mass is 340 g/mol. The number of thioether (sulfide) groups is 1. The number of hydrogen-bond donors (Lipinski definition) is 1. The van der Waals surface area contributed by atoms with Crippen LogP contribution in [-0.2, 0) is 0 Å². The van der Waals surface area contributed by atoms with Gasteiger partial charge in [0.1, 0.15) is 5.82 Å². The van der Waals surface area contributed by atoms with Gasteiger partial charge in [0, 0.05) is 15.8 Å². The Balaban J connectivity index is 2.69. The number of benzene rings is 1. The van der Waals surface area contributed by atoms with E-state index in [1.54, 1.807) is 23.9 Å². The van der Waals surface area contributed by atoms with Gasteiger partial charge in [0.2, 0.25) is 0 Å². The number of hydrogen-bond acceptors (Lipinski definition) is 2. The van der Waals surface area contributed by atoms with E-state index >= 15 is 0 Å². The second kappa shape index (κ2) is 6.98. The highest BCUT2D eigenvalue weighted by atomic mass is 79.9. The van der Waals surface area contributed by atoms with Crippen LogP contribution in [0.25, 0.3) is 0 Å². The van der Waals surface area contributed by atoms with Gasteiger partial charge in [-0.25, -0.2) is 4.39 Å². The van der Waals surface area contributed by atoms with Gasteiger partial charge in [0.05, 0.1) is 11.1 Å². The Morgan fingerprint density at radius 2 is 2.06 bits per heavy atom. The fourth-order valence-corrected chi connectivity index (χ4v) is 2.79. The molecule has 0 heterocycles. The van der Waals surface area contributed by atoms with E-state index in [-0.39, 0.29) is 10.6 Å². The molecule has 1 unspecified atom stereocenters. The van der Waals surface area contributed by atoms with Crippen LogP contribution in [0, 0.1) is 11.7 Å². The Bertz CT molecular complexity index is 387. The lowest BCUT2D eigenvalue weighted by molar-refractivity contribution is 0.199. The Hall–Kier alpha value is 0.230. The smallest absolute Gasteiger partial charge is 0.148 e. The van der Waals surface area contributed by atoms with Crippen molar-refractivity contribution in [2.45, 2.75) is 20.0 Å². The summed E-state index contributed by atoms with van der Waals surface area (Å²) < 4.78 is 14.3. The van der Waals surface area contributed by atoms with Gasteiger partial charge in [-0.1, -0.05) is 31.5 Å². The van der Waals surface area contributed by atoms with Crippen LogP contribution in [0.4, 0.5) is 4.39 Å². The minimum atomic E-state index is -0.815. The summed E-state index contributed by atoms with van der Waals surface area (Å²) in [6, 6.07) is 3.21. The maximum absolute atomic E-state index is 13.8. The second-order valence-corrected chi connectivity index (χ2v) is 6.52. The third-order valence-corrected chi connectivity index (χ3v) is 4.86. The van der Waals surface area contributed by atoms with Gasteiger partial charge < -0.3 is 5.11 Å². The Morgan fingerprint density at radius 1 is 1.41 bits per heavy atom. The molecule has 1 aromatic rings. The predicted molar refractivity (Wildman–Crippen MR) is 76.2 cm³/mol. The molecule has 0 spiro atoms. The van der Waals surface area contributed by atoms with Crippen LogP contribution >= 0.6 is 39.3 Å². The first-order valence-electron chi connectivity index (χ1n) is 5.32. The molecule has 17 heavy (non-hydrogen) atoms. The summed E-state index contributed by atoms with van der Waals surface area (Å²) in [5, 5.41) is 9.92. The molecule has 1 nitrogen and oxygen atoms in total. The van der Waals surface area contributed by atoms with E-state index in [0.717, 1.165) is 5.75 Å². The zero-order chi connectivity index (χ0) is 13.0. The minimum Gasteiger partial charge on any atom is -0.387 e. The molecule has 0 aliphatic carbocycles. The normalized spacial score (nSPS) is 13.1. The lowest BCUT2D eigenvalue weighted by Crippen LogP contribution is -2.05. The highest BCUT2D eigenvalue weighted by Gasteiger charge is 2.17. The first kappa shape index (κ1) is 15.3. The maximum atomic E-state index is 13.8. The molecule has 0 radical (unpaired) electrons. The largest absolute Gasteiger partial charge is 0.387 e. The molecule has 5 heteroatoms. The van der Waals surface area contributed by atoms with Crippen molar-refractivity contribution in [1.29, 1.82) is 0 Å². The van der Waals surface area contributed by atoms with Crippen LogP contribution in [0.15, 0.2) is 16.6 Å². The highest BCUT2D eigenvalue weighted by molar-refractivity contribution is 9.10. The minimum absolute atomic E-state index is 0.0235. The molecule has 1 atom stereocenters. The predicted octanol–water partition coefficient (Wildman–Crippen LogP) is 4.66. The number of aliphatic hydroxyl groups excluding tert-OH is 1. The van der Waals surface area contributed by atoms with E-state index < -0.39 is 11.9 Å². The fraction of sp³-hybridized carbons (Fsp3) is 0.500. The van der Waals surface area contributed by atoms with E-state index in [2.05, 4.69) is 29.8 Å². The van der Waals surface area contributed by atoms with Crippen molar-refractivity contribution >= 4 is 39.3 Å². The standard InChI is InChI=1S/C12H15BrClFOS/c1-7(2)5-17-6-10(16)8-3-4-9(13)11(14)12(8)15/h3-4,7,10,16H,5-6H2,1-2H3. The first-order chi connectivity index (χ1) is 7.93. The topological polar surface area (TPSA) is 20.2 Å². The van der Waals surface area contributed by atoms with Crippen molar-refractivity contribution in [2.24, 2.45) is 5.92 Å². The van der Waals surface area contributed by atoms with E-state index in [4.69, 9.17) is 11.6 Å². The molecule has 1 aromatic carbocycles. The zero-order valence-corrected chi connectivity index (χ0v) is 12.9. The van der Waals surface area contributed by atoms with Gasteiger partial charge in [-0.3, -0.25) is 0 Å². The van der Waals surface area contributed by atoms with Crippen molar-refractivity contribution < 1.29 is 9.50 Å². The first-order valence-corrected chi connectivity index (χ1v) is 7.65. The molecule has 0 saturated carbocycles. The molecule has 0 saturated heterocycles. The van der Waals surface area contributed by atoms with Crippen molar-refractivity contribution in [3.63, 3.8) is 0 Å². The van der Waals surface area contributed by atoms with Crippen LogP contribution in [0.1, 0.15) is 25.5 Å². The highest BCUT2D eigenvalue weighted by Crippen LogP contribution is 2.31. The van der Waals surface area contributed by atoms with Gasteiger partial charge in [0.15, 0.2) is 0 Å². The van der Waals surface area contributed by atoms with Gasteiger partial charge in [-0.15, -0.1) is 0 Å². The molecule has 0 aliphatic rings. The van der Waals surface area contributed by atoms with Crippen LogP contribution in [0.2, 0.25) is 5.02 Å². The van der Waals surface area contributed by atoms with Crippen LogP contribution in [0.5, 0.6) is 0 Å². The van der Waals surface area contributed by atoms with E-state index in [0.29, 0.717) is 16.1 Å². The van der Waals surface area contributed by atoms with Crippen LogP contribution in [0.3, 0.4) is 0 Å². The molecule has 96 valence electrons. The molecular weight excluding hydrogens is 327 g/mol. The summed E-state index contributed by atoms with van der Waals surface area (Å²) in [6.07, 6.45) is -0.815. The van der Waals surface area contributed by atoms with Crippen LogP contribution < -0.4 is 0 Å². The van der Waals surface area contributed by atoms with Crippen molar-refractivity contribution in [3.05, 3.63) is 33.0 Å². The summed E-state index contributed by atoms with van der Waals surface area (Å²) in [5.74, 6) is 1.44. The molecule has 0 aliphatic heterocycles. The summed E-state index contributed by atoms with van der Waals surface area (Å²) in [7, 11) is 0. The van der Waals surface area contributed by atoms with E-state index in [1.807, 2.05) is 0 Å². The summed E-state index contributed by atoms with van der Waals surface area (Å²) in [4.78, 5) is 0. The van der Waals surface area contributed by atoms with Gasteiger partial charge in [0.25, 0.3) is 0 Å². The zero-order valence-electron chi connectivity index (χ0n) is 9.71. The summed E-state index contributed by atoms with van der Waals surface area (Å²) >= 11 is 10.5. The Morgan fingerprint density at radius 3 is 2.65 bits per heavy atom. The molecule has 0 aromatic heterocycles. The Labute approximate surface area is 119 Å². The molecule has 1 rings (SSSR count). The Kier molecular flexibility index (Phi) is 6.27. The van der Waals surface area contributed by atoms with Gasteiger partial charge >= 0.3 is 0 Å². The second-order valence-electron chi connectivity index (χ2n) is 4.21. The quantitative estimate of drug-likeness (QED) is 0.786. The van der Waals surface area contributed by atoms with Gasteiger partial charge in [-0.05, 0) is 33.7 Å². The lowest BCUT2D eigenvalue weighted by atomic mass is 10.1. The molecule has 0 amide bonds. The molecule has 0 bridgehead atoms. The molecular formula is C12H15BrClFOS. The fourth-order valence-electron chi connectivity index (χ4n) is 1.30. The third-order valence-electron chi connectivity index (χ3n) is 2.15. The van der Waals surface area contributed by atoms with E-state index in [9.17, 15) is 9.50 Å². The van der Waals surface area contributed by atoms with Crippen LogP contribution in [-0.4, -0.2) is 16.6 Å². The average Bonchev–Trinajstić information content (AvgIpc) is 2.25. The van der Waals surface area contributed by atoms with Crippen molar-refractivity contribution in [3.8, 4) is 0 Å². The number of rotatable bonds is 5. The molecule has 1 N–H and O–H groups in total. The third kappa shape index (κ3) is 4.43. The lowest BCUT2D eigenvalue weighted by Gasteiger charge is -2.13. The van der Waals surface area contributed by atoms with E-state index in [1.165, 1.54) is 0 Å². The van der Waals surface area contributed by atoms with Crippen molar-refractivity contribution in [1.82, 2.24) is 0 Å². The summed E-state index contributed by atoms with van der Waals surface area (Å²) in [5.41, 5.74) is 0.259. The molecule has 0 fully saturated rings. The maximum Gasteiger partial charge on any atom is 0.148 e. The SMILES string of the molecule is CC(C)CSCC(O)c1ccc(Br)c(Cl)c1F. The number of halogens is 3. The van der Waals surface area contributed by atoms with Crippen molar-refractivity contribution in [2.75, 3.05) is 11.5 Å². The van der Waals surface area contributed by atoms with Gasteiger partial charge in [-0.2, -0.15) is 11.8 Å². The number of aliphatic hydroxyl groups is 1. The summed E-state index contributed by atoms with van der Waals surface area (Å²) in [6.45, 7) is 4.22.